The SMILES string of the molecule is Cc1cc(C(=O)N2CCN(C)CC2)ccc1-c1ccncc1NC(=O)C(C(N)N=O)C1NCC(F)CN1C. The van der Waals surface area contributed by atoms with Crippen LogP contribution in [-0.2, 0) is 4.79 Å². The van der Waals surface area contributed by atoms with E-state index >= 15 is 0 Å². The monoisotopic (exact) mass is 526 g/mol. The number of hydrogen-bond donors (Lipinski definition) is 3. The van der Waals surface area contributed by atoms with Gasteiger partial charge in [0.15, 0.2) is 6.17 Å². The number of aromatic nitrogens is 1. The molecule has 2 aliphatic heterocycles. The van der Waals surface area contributed by atoms with E-state index in [-0.39, 0.29) is 19.0 Å². The summed E-state index contributed by atoms with van der Waals surface area (Å²) in [4.78, 5) is 47.6. The van der Waals surface area contributed by atoms with Gasteiger partial charge < -0.3 is 20.9 Å². The Morgan fingerprint density at radius 2 is 1.92 bits per heavy atom. The van der Waals surface area contributed by atoms with Crippen molar-refractivity contribution in [1.29, 1.82) is 0 Å². The highest BCUT2D eigenvalue weighted by Gasteiger charge is 2.40. The van der Waals surface area contributed by atoms with Crippen molar-refractivity contribution in [3.8, 4) is 11.1 Å². The molecular formula is C26H35FN8O3. The number of nitrogens with two attached hydrogens (primary N) is 1. The molecule has 2 fully saturated rings. The Morgan fingerprint density at radius 3 is 2.58 bits per heavy atom. The van der Waals surface area contributed by atoms with Crippen LogP contribution in [0.5, 0.6) is 0 Å². The van der Waals surface area contributed by atoms with Crippen molar-refractivity contribution >= 4 is 17.5 Å². The Bertz CT molecular complexity index is 1170. The molecule has 0 spiro atoms. The average Bonchev–Trinajstić information content (AvgIpc) is 2.90. The lowest BCUT2D eigenvalue weighted by Gasteiger charge is -2.39. The number of amides is 2. The molecule has 4 atom stereocenters. The van der Waals surface area contributed by atoms with E-state index in [2.05, 4.69) is 25.7 Å². The summed E-state index contributed by atoms with van der Waals surface area (Å²) in [5, 5.41) is 8.71. The number of nitroso groups, excluding NO2 is 1. The predicted molar refractivity (Wildman–Crippen MR) is 143 cm³/mol. The second-order valence-electron chi connectivity index (χ2n) is 10.0. The van der Waals surface area contributed by atoms with Crippen LogP contribution in [0.2, 0.25) is 0 Å². The first-order chi connectivity index (χ1) is 18.2. The fraction of sp³-hybridized carbons (Fsp3) is 0.500. The molecule has 4 rings (SSSR count). The van der Waals surface area contributed by atoms with Gasteiger partial charge in [-0.15, -0.1) is 4.91 Å². The number of aryl methyl sites for hydroxylation is 1. The normalized spacial score (nSPS) is 22.5. The van der Waals surface area contributed by atoms with Crippen LogP contribution in [0.4, 0.5) is 10.1 Å². The predicted octanol–water partition coefficient (Wildman–Crippen LogP) is 1.25. The van der Waals surface area contributed by atoms with E-state index in [4.69, 9.17) is 5.73 Å². The molecule has 2 aromatic rings. The maximum absolute atomic E-state index is 13.8. The van der Waals surface area contributed by atoms with Gasteiger partial charge in [0.05, 0.1) is 18.1 Å². The summed E-state index contributed by atoms with van der Waals surface area (Å²) in [5.41, 5.74) is 9.34. The molecule has 3 heterocycles. The standard InChI is InChI=1S/C26H35FN8O3/c1-16-12-17(26(37)35-10-8-33(2)9-11-35)4-5-19(16)20-6-7-29-14-21(20)31-25(36)22(23(28)32-38)24-30-13-18(27)15-34(24)3/h4-7,12,14,18,22-24,30H,8-11,13,15,28H2,1-3H3,(H,31,36). The number of alkyl halides is 1. The van der Waals surface area contributed by atoms with Gasteiger partial charge in [-0.05, 0) is 50.3 Å². The number of rotatable bonds is 7. The number of piperazine rings is 1. The van der Waals surface area contributed by atoms with E-state index in [1.807, 2.05) is 31.0 Å². The lowest BCUT2D eigenvalue weighted by molar-refractivity contribution is -0.124. The summed E-state index contributed by atoms with van der Waals surface area (Å²) in [5.74, 6) is -1.61. The van der Waals surface area contributed by atoms with Crippen molar-refractivity contribution in [1.82, 2.24) is 25.0 Å². The number of anilines is 1. The zero-order valence-corrected chi connectivity index (χ0v) is 21.9. The van der Waals surface area contributed by atoms with Crippen molar-refractivity contribution in [3.63, 3.8) is 0 Å². The van der Waals surface area contributed by atoms with Gasteiger partial charge in [-0.3, -0.25) is 24.8 Å². The first kappa shape index (κ1) is 27.7. The molecule has 2 saturated heterocycles. The number of halogens is 1. The highest BCUT2D eigenvalue weighted by molar-refractivity contribution is 5.99. The van der Waals surface area contributed by atoms with Gasteiger partial charge >= 0.3 is 0 Å². The van der Waals surface area contributed by atoms with Crippen LogP contribution in [0.3, 0.4) is 0 Å². The van der Waals surface area contributed by atoms with E-state index in [9.17, 15) is 18.9 Å². The molecule has 38 heavy (non-hydrogen) atoms. The van der Waals surface area contributed by atoms with Crippen LogP contribution < -0.4 is 16.4 Å². The molecule has 2 amide bonds. The quantitative estimate of drug-likeness (QED) is 0.459. The summed E-state index contributed by atoms with van der Waals surface area (Å²) in [7, 11) is 3.70. The smallest absolute Gasteiger partial charge is 0.253 e. The first-order valence-electron chi connectivity index (χ1n) is 12.7. The largest absolute Gasteiger partial charge is 0.336 e. The topological polar surface area (TPSA) is 136 Å². The number of carbonyl (C=O) groups excluding carboxylic acids is 2. The zero-order chi connectivity index (χ0) is 27.4. The number of likely N-dealkylation sites (N-methyl/N-ethyl adjacent to an activating group) is 1. The fourth-order valence-electron chi connectivity index (χ4n) is 5.08. The number of hydrogen-bond acceptors (Lipinski definition) is 9. The molecule has 4 unspecified atom stereocenters. The van der Waals surface area contributed by atoms with Crippen LogP contribution in [0.1, 0.15) is 15.9 Å². The minimum atomic E-state index is -1.34. The summed E-state index contributed by atoms with van der Waals surface area (Å²) in [6.07, 6.45) is 0.0215. The molecule has 0 bridgehead atoms. The third-order valence-electron chi connectivity index (χ3n) is 7.27. The Labute approximate surface area is 221 Å². The third-order valence-corrected chi connectivity index (χ3v) is 7.27. The van der Waals surface area contributed by atoms with E-state index in [0.717, 1.165) is 24.2 Å². The Morgan fingerprint density at radius 1 is 1.18 bits per heavy atom. The van der Waals surface area contributed by atoms with Crippen LogP contribution >= 0.6 is 0 Å². The molecule has 0 aliphatic carbocycles. The maximum atomic E-state index is 13.8. The number of benzene rings is 1. The Balaban J connectivity index is 1.56. The van der Waals surface area contributed by atoms with Crippen LogP contribution in [0.25, 0.3) is 11.1 Å². The second-order valence-corrected chi connectivity index (χ2v) is 10.0. The molecular weight excluding hydrogens is 491 g/mol. The van der Waals surface area contributed by atoms with Crippen LogP contribution in [0, 0.1) is 17.7 Å². The van der Waals surface area contributed by atoms with Crippen molar-refractivity contribution in [2.24, 2.45) is 16.8 Å². The van der Waals surface area contributed by atoms with Gasteiger partial charge in [0.1, 0.15) is 12.1 Å². The van der Waals surface area contributed by atoms with Crippen LogP contribution in [-0.4, -0.2) is 103 Å². The number of nitrogens with zero attached hydrogens (tertiary/aromatic N) is 5. The molecule has 2 aliphatic rings. The summed E-state index contributed by atoms with van der Waals surface area (Å²) in [6.45, 7) is 5.11. The summed E-state index contributed by atoms with van der Waals surface area (Å²) in [6, 6.07) is 7.27. The van der Waals surface area contributed by atoms with Crippen molar-refractivity contribution in [3.05, 3.63) is 52.7 Å². The maximum Gasteiger partial charge on any atom is 0.253 e. The van der Waals surface area contributed by atoms with Crippen LogP contribution in [0.15, 0.2) is 41.8 Å². The van der Waals surface area contributed by atoms with Gasteiger partial charge in [0.2, 0.25) is 5.91 Å². The number of nitrogens with one attached hydrogen (secondary N) is 2. The molecule has 0 radical (unpaired) electrons. The van der Waals surface area contributed by atoms with E-state index in [1.165, 1.54) is 6.20 Å². The molecule has 0 saturated carbocycles. The third kappa shape index (κ3) is 6.04. The molecule has 204 valence electrons. The van der Waals surface area contributed by atoms with Gasteiger partial charge in [-0.25, -0.2) is 4.39 Å². The van der Waals surface area contributed by atoms with Gasteiger partial charge in [-0.2, -0.15) is 0 Å². The van der Waals surface area contributed by atoms with Gasteiger partial charge in [0.25, 0.3) is 5.91 Å². The average molecular weight is 527 g/mol. The van der Waals surface area contributed by atoms with Gasteiger partial charge in [-0.1, -0.05) is 11.2 Å². The second kappa shape index (κ2) is 12.0. The number of pyridine rings is 1. The Kier molecular flexibility index (Phi) is 8.77. The highest BCUT2D eigenvalue weighted by Crippen LogP contribution is 2.31. The molecule has 1 aromatic carbocycles. The minimum Gasteiger partial charge on any atom is -0.336 e. The van der Waals surface area contributed by atoms with E-state index in [1.54, 1.807) is 30.3 Å². The minimum absolute atomic E-state index is 0.00572. The highest BCUT2D eigenvalue weighted by atomic mass is 19.1. The molecule has 1 aromatic heterocycles. The molecule has 11 nitrogen and oxygen atoms in total. The van der Waals surface area contributed by atoms with Crippen molar-refractivity contribution in [2.45, 2.75) is 25.4 Å². The lowest BCUT2D eigenvalue weighted by atomic mass is 9.96. The molecule has 12 heteroatoms. The first-order valence-corrected chi connectivity index (χ1v) is 12.7. The van der Waals surface area contributed by atoms with E-state index in [0.29, 0.717) is 29.9 Å². The zero-order valence-electron chi connectivity index (χ0n) is 21.9. The van der Waals surface area contributed by atoms with E-state index < -0.39 is 30.3 Å². The van der Waals surface area contributed by atoms with Gasteiger partial charge in [0, 0.05) is 56.6 Å². The van der Waals surface area contributed by atoms with Crippen molar-refractivity contribution < 1.29 is 14.0 Å². The number of carbonyl (C=O) groups is 2. The fourth-order valence-corrected chi connectivity index (χ4v) is 5.08. The summed E-state index contributed by atoms with van der Waals surface area (Å²) < 4.78 is 13.8. The molecule has 4 N–H and O–H groups in total. The lowest BCUT2D eigenvalue weighted by Crippen LogP contribution is -2.62. The summed E-state index contributed by atoms with van der Waals surface area (Å²) >= 11 is 0. The Hall–Kier alpha value is -3.32. The van der Waals surface area contributed by atoms with Crippen molar-refractivity contribution in [2.75, 3.05) is 58.7 Å².